The van der Waals surface area contributed by atoms with Crippen molar-refractivity contribution in [1.29, 1.82) is 0 Å². The van der Waals surface area contributed by atoms with Crippen molar-refractivity contribution in [2.75, 3.05) is 0 Å². The van der Waals surface area contributed by atoms with Crippen LogP contribution in [0.3, 0.4) is 0 Å². The summed E-state index contributed by atoms with van der Waals surface area (Å²) in [6.45, 7) is 3.60. The number of benzene rings is 4. The van der Waals surface area contributed by atoms with Gasteiger partial charge in [0.05, 0.1) is 10.9 Å². The summed E-state index contributed by atoms with van der Waals surface area (Å²) in [5.41, 5.74) is 2.25. The van der Waals surface area contributed by atoms with Crippen LogP contribution in [0.4, 0.5) is 0 Å². The number of fused-ring (bicyclic) bond motifs is 1. The maximum atomic E-state index is 11.4. The van der Waals surface area contributed by atoms with Crippen LogP contribution in [0.5, 0.6) is 17.2 Å². The van der Waals surface area contributed by atoms with E-state index in [-0.39, 0.29) is 10.8 Å². The molecular formula is C26H19ClO4. The quantitative estimate of drug-likeness (QED) is 0.323. The summed E-state index contributed by atoms with van der Waals surface area (Å²) in [5, 5.41) is 21.3. The van der Waals surface area contributed by atoms with Crippen molar-refractivity contribution in [3.63, 3.8) is 0 Å². The standard InChI is InChI=1S/C26H19ClO4/c1-2-20(26(29)30)17-7-11-19(12-8-17)31-25-21-6-4-3-5-16(21)9-13-22(25)18-10-14-24(28)23(27)15-18/h2-15,20,28H,1H2,(H,29,30). The number of carbonyl (C=O) groups is 1. The lowest BCUT2D eigenvalue weighted by atomic mass is 9.98. The van der Waals surface area contributed by atoms with Crippen molar-refractivity contribution in [2.45, 2.75) is 5.92 Å². The minimum atomic E-state index is -0.954. The fourth-order valence-corrected chi connectivity index (χ4v) is 3.68. The van der Waals surface area contributed by atoms with Crippen LogP contribution >= 0.6 is 11.6 Å². The molecule has 1 unspecified atom stereocenters. The average molecular weight is 431 g/mol. The van der Waals surface area contributed by atoms with Crippen molar-refractivity contribution in [3.8, 4) is 28.4 Å². The Kier molecular flexibility index (Phi) is 5.65. The molecule has 0 spiro atoms. The number of phenolic OH excluding ortho intramolecular Hbond substituents is 1. The van der Waals surface area contributed by atoms with Crippen molar-refractivity contribution < 1.29 is 19.7 Å². The van der Waals surface area contributed by atoms with Crippen LogP contribution in [0.25, 0.3) is 21.9 Å². The van der Waals surface area contributed by atoms with Gasteiger partial charge in [-0.15, -0.1) is 6.58 Å². The van der Waals surface area contributed by atoms with Crippen LogP contribution in [0, 0.1) is 0 Å². The van der Waals surface area contributed by atoms with Crippen LogP contribution in [0.15, 0.2) is 91.5 Å². The Hall–Kier alpha value is -3.76. The second-order valence-corrected chi connectivity index (χ2v) is 7.46. The van der Waals surface area contributed by atoms with E-state index in [1.165, 1.54) is 6.08 Å². The first-order valence-electron chi connectivity index (χ1n) is 9.61. The van der Waals surface area contributed by atoms with Gasteiger partial charge in [-0.3, -0.25) is 4.79 Å². The van der Waals surface area contributed by atoms with Gasteiger partial charge in [-0.05, 0) is 46.8 Å². The Morgan fingerprint density at radius 3 is 2.42 bits per heavy atom. The van der Waals surface area contributed by atoms with Gasteiger partial charge in [-0.2, -0.15) is 0 Å². The summed E-state index contributed by atoms with van der Waals surface area (Å²) in [5.74, 6) is -0.504. The minimum absolute atomic E-state index is 0.0134. The van der Waals surface area contributed by atoms with E-state index in [0.717, 1.165) is 21.9 Å². The van der Waals surface area contributed by atoms with Crippen molar-refractivity contribution in [2.24, 2.45) is 0 Å². The molecule has 0 saturated heterocycles. The number of hydrogen-bond acceptors (Lipinski definition) is 3. The van der Waals surface area contributed by atoms with Gasteiger partial charge in [0.1, 0.15) is 17.2 Å². The highest BCUT2D eigenvalue weighted by Crippen LogP contribution is 2.41. The minimum Gasteiger partial charge on any atom is -0.506 e. The smallest absolute Gasteiger partial charge is 0.314 e. The summed E-state index contributed by atoms with van der Waals surface area (Å²) >= 11 is 6.13. The Balaban J connectivity index is 1.79. The molecular weight excluding hydrogens is 412 g/mol. The number of hydrogen-bond donors (Lipinski definition) is 2. The van der Waals surface area contributed by atoms with Crippen molar-refractivity contribution >= 4 is 28.3 Å². The molecule has 0 saturated carbocycles. The maximum Gasteiger partial charge on any atom is 0.314 e. The highest BCUT2D eigenvalue weighted by molar-refractivity contribution is 6.32. The first-order chi connectivity index (χ1) is 15.0. The number of carboxylic acids is 1. The number of phenols is 1. The molecule has 0 aromatic heterocycles. The van der Waals surface area contributed by atoms with Gasteiger partial charge in [0.2, 0.25) is 0 Å². The second kappa shape index (κ2) is 8.54. The fourth-order valence-electron chi connectivity index (χ4n) is 3.50. The highest BCUT2D eigenvalue weighted by Gasteiger charge is 2.17. The Labute approximate surface area is 184 Å². The third-order valence-electron chi connectivity index (χ3n) is 5.10. The second-order valence-electron chi connectivity index (χ2n) is 7.05. The zero-order valence-corrected chi connectivity index (χ0v) is 17.2. The molecule has 5 heteroatoms. The largest absolute Gasteiger partial charge is 0.506 e. The Bertz CT molecular complexity index is 1280. The van der Waals surface area contributed by atoms with E-state index in [2.05, 4.69) is 6.58 Å². The normalized spacial score (nSPS) is 11.8. The van der Waals surface area contributed by atoms with Crippen LogP contribution in [0.1, 0.15) is 11.5 Å². The van der Waals surface area contributed by atoms with Crippen LogP contribution in [-0.2, 0) is 4.79 Å². The zero-order valence-electron chi connectivity index (χ0n) is 16.5. The Morgan fingerprint density at radius 1 is 1.00 bits per heavy atom. The molecule has 0 amide bonds. The molecule has 0 aliphatic carbocycles. The van der Waals surface area contributed by atoms with E-state index < -0.39 is 11.9 Å². The van der Waals surface area contributed by atoms with Gasteiger partial charge in [-0.25, -0.2) is 0 Å². The van der Waals surface area contributed by atoms with Crippen LogP contribution in [0.2, 0.25) is 5.02 Å². The first kappa shape index (κ1) is 20.5. The first-order valence-corrected chi connectivity index (χ1v) is 9.99. The molecule has 0 fully saturated rings. The molecule has 0 aliphatic rings. The maximum absolute atomic E-state index is 11.4. The van der Waals surface area contributed by atoms with Crippen LogP contribution < -0.4 is 4.74 Å². The molecule has 4 aromatic carbocycles. The molecule has 1 atom stereocenters. The van der Waals surface area contributed by atoms with E-state index in [4.69, 9.17) is 16.3 Å². The van der Waals surface area contributed by atoms with Gasteiger partial charge in [-0.1, -0.05) is 66.2 Å². The van der Waals surface area contributed by atoms with E-state index in [1.807, 2.05) is 36.4 Å². The molecule has 4 rings (SSSR count). The van der Waals surface area contributed by atoms with Crippen LogP contribution in [-0.4, -0.2) is 16.2 Å². The predicted molar refractivity (Wildman–Crippen MR) is 123 cm³/mol. The molecule has 0 bridgehead atoms. The molecule has 31 heavy (non-hydrogen) atoms. The molecule has 4 nitrogen and oxygen atoms in total. The van der Waals surface area contributed by atoms with Crippen molar-refractivity contribution in [1.82, 2.24) is 0 Å². The van der Waals surface area contributed by atoms with Gasteiger partial charge in [0.15, 0.2) is 0 Å². The summed E-state index contributed by atoms with van der Waals surface area (Å²) in [6, 6.07) is 23.8. The monoisotopic (exact) mass is 430 g/mol. The van der Waals surface area contributed by atoms with E-state index >= 15 is 0 Å². The number of ether oxygens (including phenoxy) is 1. The molecule has 154 valence electrons. The lowest BCUT2D eigenvalue weighted by Crippen LogP contribution is -2.08. The highest BCUT2D eigenvalue weighted by atomic mass is 35.5. The van der Waals surface area contributed by atoms with Gasteiger partial charge < -0.3 is 14.9 Å². The third-order valence-corrected chi connectivity index (χ3v) is 5.40. The molecule has 0 heterocycles. The van der Waals surface area contributed by atoms with Crippen molar-refractivity contribution in [3.05, 3.63) is 102 Å². The summed E-state index contributed by atoms with van der Waals surface area (Å²) in [4.78, 5) is 11.4. The molecule has 4 aromatic rings. The zero-order chi connectivity index (χ0) is 22.0. The SMILES string of the molecule is C=CC(C(=O)O)c1ccc(Oc2c(-c3ccc(O)c(Cl)c3)ccc3ccccc23)cc1. The summed E-state index contributed by atoms with van der Waals surface area (Å²) < 4.78 is 6.30. The van der Waals surface area contributed by atoms with Gasteiger partial charge in [0.25, 0.3) is 0 Å². The van der Waals surface area contributed by atoms with E-state index in [1.54, 1.807) is 42.5 Å². The third kappa shape index (κ3) is 4.11. The lowest BCUT2D eigenvalue weighted by molar-refractivity contribution is -0.137. The number of aromatic hydroxyl groups is 1. The molecule has 0 aliphatic heterocycles. The number of carboxylic acid groups (broad SMARTS) is 1. The number of halogens is 1. The summed E-state index contributed by atoms with van der Waals surface area (Å²) in [7, 11) is 0. The number of rotatable bonds is 6. The predicted octanol–water partition coefficient (Wildman–Crippen LogP) is 7.01. The molecule has 0 radical (unpaired) electrons. The fraction of sp³-hybridized carbons (Fsp3) is 0.0385. The van der Waals surface area contributed by atoms with Gasteiger partial charge >= 0.3 is 5.97 Å². The van der Waals surface area contributed by atoms with E-state index in [9.17, 15) is 15.0 Å². The average Bonchev–Trinajstić information content (AvgIpc) is 2.77. The topological polar surface area (TPSA) is 66.8 Å². The molecule has 2 N–H and O–H groups in total. The van der Waals surface area contributed by atoms with E-state index in [0.29, 0.717) is 17.1 Å². The summed E-state index contributed by atoms with van der Waals surface area (Å²) in [6.07, 6.45) is 1.40. The van der Waals surface area contributed by atoms with Gasteiger partial charge in [0, 0.05) is 10.9 Å². The number of aliphatic carboxylic acids is 1. The lowest BCUT2D eigenvalue weighted by Gasteiger charge is -2.16. The Morgan fingerprint density at radius 2 is 1.74 bits per heavy atom.